The van der Waals surface area contributed by atoms with Crippen LogP contribution in [-0.4, -0.2) is 47.3 Å². The number of nitrogens with zero attached hydrogens (tertiary/aromatic N) is 2. The number of hydrogen-bond donors (Lipinski definition) is 0. The topological polar surface area (TPSA) is 53.8 Å². The van der Waals surface area contributed by atoms with Crippen LogP contribution in [0.4, 0.5) is 0 Å². The van der Waals surface area contributed by atoms with Crippen molar-refractivity contribution in [2.45, 2.75) is 65.8 Å². The van der Waals surface area contributed by atoms with E-state index in [1.165, 1.54) is 18.9 Å². The van der Waals surface area contributed by atoms with Gasteiger partial charge >= 0.3 is 0 Å². The Hall–Kier alpha value is -1.78. The Morgan fingerprint density at radius 2 is 2.04 bits per heavy atom. The number of rotatable bonds is 6. The molecule has 0 N–H and O–H groups in total. The molecule has 0 spiro atoms. The van der Waals surface area contributed by atoms with Crippen molar-refractivity contribution in [3.63, 3.8) is 0 Å². The van der Waals surface area contributed by atoms with Gasteiger partial charge in [0.15, 0.2) is 0 Å². The second-order valence-electron chi connectivity index (χ2n) is 9.29. The maximum absolute atomic E-state index is 12.9. The van der Waals surface area contributed by atoms with Gasteiger partial charge in [0.2, 0.25) is 5.91 Å². The zero-order valence-electron chi connectivity index (χ0n) is 16.6. The molecule has 2 fully saturated rings. The molecule has 1 aromatic heterocycles. The smallest absolute Gasteiger partial charge is 0.257 e. The van der Waals surface area contributed by atoms with Gasteiger partial charge in [-0.2, -0.15) is 0 Å². The van der Waals surface area contributed by atoms with Crippen LogP contribution in [0.15, 0.2) is 23.0 Å². The van der Waals surface area contributed by atoms with Crippen LogP contribution in [-0.2, 0) is 4.79 Å². The molecule has 2 atom stereocenters. The van der Waals surface area contributed by atoms with E-state index >= 15 is 0 Å². The maximum Gasteiger partial charge on any atom is 0.257 e. The molecule has 2 bridgehead atoms. The van der Waals surface area contributed by atoms with E-state index in [1.54, 1.807) is 11.0 Å². The summed E-state index contributed by atoms with van der Waals surface area (Å²) in [5.41, 5.74) is 1.10. The minimum Gasteiger partial charge on any atom is -0.472 e. The predicted octanol–water partition coefficient (Wildman–Crippen LogP) is 3.95. The minimum atomic E-state index is -0.0540. The van der Waals surface area contributed by atoms with Crippen molar-refractivity contribution in [2.75, 3.05) is 19.6 Å². The number of fused-ring (bicyclic) bond motifs is 2. The SMILES string of the molecule is CCCN(CCC(=O)N1C[C@@]2(C)C[C@@H]1CC(C)(C)C2)C(=O)c1ccoc1. The maximum atomic E-state index is 12.9. The fourth-order valence-corrected chi connectivity index (χ4v) is 5.28. The summed E-state index contributed by atoms with van der Waals surface area (Å²) in [5, 5.41) is 0. The number of likely N-dealkylation sites (tertiary alicyclic amines) is 1. The fraction of sp³-hybridized carbons (Fsp3) is 0.714. The van der Waals surface area contributed by atoms with Crippen LogP contribution in [0, 0.1) is 10.8 Å². The third-order valence-corrected chi connectivity index (χ3v) is 5.88. The average molecular weight is 360 g/mol. The van der Waals surface area contributed by atoms with Crippen molar-refractivity contribution in [3.8, 4) is 0 Å². The molecule has 1 saturated heterocycles. The number of carbonyl (C=O) groups excluding carboxylic acids is 2. The highest BCUT2D eigenvalue weighted by Gasteiger charge is 2.50. The van der Waals surface area contributed by atoms with Gasteiger partial charge in [0.05, 0.1) is 11.8 Å². The highest BCUT2D eigenvalue weighted by molar-refractivity contribution is 5.94. The van der Waals surface area contributed by atoms with E-state index in [0.29, 0.717) is 36.5 Å². The summed E-state index contributed by atoms with van der Waals surface area (Å²) in [6, 6.07) is 2.04. The van der Waals surface area contributed by atoms with Crippen LogP contribution < -0.4 is 0 Å². The first-order valence-corrected chi connectivity index (χ1v) is 9.84. The molecule has 0 radical (unpaired) electrons. The quantitative estimate of drug-likeness (QED) is 0.772. The number of furan rings is 1. The highest BCUT2D eigenvalue weighted by Crippen LogP contribution is 2.52. The molecule has 5 nitrogen and oxygen atoms in total. The van der Waals surface area contributed by atoms with Gasteiger partial charge in [-0.05, 0) is 42.6 Å². The molecule has 2 amide bonds. The normalized spacial score (nSPS) is 26.8. The zero-order chi connectivity index (χ0) is 18.9. The zero-order valence-corrected chi connectivity index (χ0v) is 16.6. The Morgan fingerprint density at radius 3 is 2.69 bits per heavy atom. The molecular formula is C21H32N2O3. The molecule has 0 unspecified atom stereocenters. The molecule has 3 rings (SSSR count). The summed E-state index contributed by atoms with van der Waals surface area (Å²) in [6.45, 7) is 11.0. The van der Waals surface area contributed by atoms with Gasteiger partial charge in [0.1, 0.15) is 6.26 Å². The van der Waals surface area contributed by atoms with Gasteiger partial charge in [0, 0.05) is 32.1 Å². The van der Waals surface area contributed by atoms with E-state index in [-0.39, 0.29) is 17.2 Å². The molecule has 1 aliphatic carbocycles. The van der Waals surface area contributed by atoms with Crippen LogP contribution in [0.1, 0.15) is 70.2 Å². The van der Waals surface area contributed by atoms with Gasteiger partial charge in [-0.3, -0.25) is 9.59 Å². The van der Waals surface area contributed by atoms with Crippen molar-refractivity contribution in [1.29, 1.82) is 0 Å². The first kappa shape index (κ1) is 19.0. The summed E-state index contributed by atoms with van der Waals surface area (Å²) in [5.74, 6) is 0.138. The van der Waals surface area contributed by atoms with Gasteiger partial charge < -0.3 is 14.2 Å². The third kappa shape index (κ3) is 3.97. The summed E-state index contributed by atoms with van der Waals surface area (Å²) < 4.78 is 5.03. The van der Waals surface area contributed by atoms with E-state index in [4.69, 9.17) is 4.42 Å². The van der Waals surface area contributed by atoms with Crippen LogP contribution in [0.3, 0.4) is 0 Å². The molecule has 2 heterocycles. The van der Waals surface area contributed by atoms with Crippen LogP contribution in [0.5, 0.6) is 0 Å². The van der Waals surface area contributed by atoms with Crippen molar-refractivity contribution < 1.29 is 14.0 Å². The lowest BCUT2D eigenvalue weighted by molar-refractivity contribution is -0.132. The van der Waals surface area contributed by atoms with E-state index in [1.807, 2.05) is 6.92 Å². The molecule has 0 aromatic carbocycles. The Labute approximate surface area is 156 Å². The summed E-state index contributed by atoms with van der Waals surface area (Å²) in [6.07, 6.45) is 7.64. The Kier molecular flexibility index (Phi) is 5.18. The molecule has 144 valence electrons. The molecular weight excluding hydrogens is 328 g/mol. The molecule has 1 aromatic rings. The Bertz CT molecular complexity index is 652. The van der Waals surface area contributed by atoms with Crippen molar-refractivity contribution in [1.82, 2.24) is 9.80 Å². The van der Waals surface area contributed by atoms with E-state index < -0.39 is 0 Å². The first-order valence-electron chi connectivity index (χ1n) is 9.84. The molecule has 26 heavy (non-hydrogen) atoms. The molecule has 1 aliphatic heterocycles. The second-order valence-corrected chi connectivity index (χ2v) is 9.29. The standard InChI is InChI=1S/C21H32N2O3/c1-5-8-22(19(25)16-7-10-26-13-16)9-6-18(24)23-15-21(4)12-17(23)11-20(2,3)14-21/h7,10,13,17H,5-6,8-9,11-12,14-15H2,1-4H3/t17-,21-/m0/s1. The summed E-state index contributed by atoms with van der Waals surface area (Å²) in [4.78, 5) is 29.4. The summed E-state index contributed by atoms with van der Waals surface area (Å²) >= 11 is 0. The molecule has 1 saturated carbocycles. The van der Waals surface area contributed by atoms with Gasteiger partial charge in [-0.1, -0.05) is 27.7 Å². The van der Waals surface area contributed by atoms with Gasteiger partial charge in [-0.15, -0.1) is 0 Å². The fourth-order valence-electron chi connectivity index (χ4n) is 5.28. The van der Waals surface area contributed by atoms with Gasteiger partial charge in [0.25, 0.3) is 5.91 Å². The van der Waals surface area contributed by atoms with Crippen molar-refractivity contribution in [3.05, 3.63) is 24.2 Å². The lowest BCUT2D eigenvalue weighted by atomic mass is 9.65. The molecule has 5 heteroatoms. The highest BCUT2D eigenvalue weighted by atomic mass is 16.3. The van der Waals surface area contributed by atoms with Crippen molar-refractivity contribution in [2.24, 2.45) is 10.8 Å². The number of hydrogen-bond acceptors (Lipinski definition) is 3. The lowest BCUT2D eigenvalue weighted by Crippen LogP contribution is -2.40. The van der Waals surface area contributed by atoms with E-state index in [2.05, 4.69) is 25.7 Å². The Morgan fingerprint density at radius 1 is 1.27 bits per heavy atom. The monoisotopic (exact) mass is 360 g/mol. The van der Waals surface area contributed by atoms with Crippen LogP contribution in [0.25, 0.3) is 0 Å². The van der Waals surface area contributed by atoms with Gasteiger partial charge in [-0.25, -0.2) is 0 Å². The largest absolute Gasteiger partial charge is 0.472 e. The van der Waals surface area contributed by atoms with Crippen molar-refractivity contribution >= 4 is 11.8 Å². The third-order valence-electron chi connectivity index (χ3n) is 5.88. The van der Waals surface area contributed by atoms with Crippen LogP contribution in [0.2, 0.25) is 0 Å². The Balaban J connectivity index is 1.61. The molecule has 2 aliphatic rings. The second kappa shape index (κ2) is 7.09. The lowest BCUT2D eigenvalue weighted by Gasteiger charge is -2.39. The average Bonchev–Trinajstić information content (AvgIpc) is 3.15. The number of amides is 2. The van der Waals surface area contributed by atoms with E-state index in [9.17, 15) is 9.59 Å². The minimum absolute atomic E-state index is 0.0540. The van der Waals surface area contributed by atoms with E-state index in [0.717, 1.165) is 25.8 Å². The van der Waals surface area contributed by atoms with Crippen LogP contribution >= 0.6 is 0 Å². The first-order chi connectivity index (χ1) is 12.2. The summed E-state index contributed by atoms with van der Waals surface area (Å²) in [7, 11) is 0. The predicted molar refractivity (Wildman–Crippen MR) is 101 cm³/mol. The number of carbonyl (C=O) groups is 2.